The summed E-state index contributed by atoms with van der Waals surface area (Å²) in [7, 11) is 0. The number of nitrogens with one attached hydrogen (secondary N) is 1. The fourth-order valence-electron chi connectivity index (χ4n) is 2.99. The predicted octanol–water partition coefficient (Wildman–Crippen LogP) is 3.80. The van der Waals surface area contributed by atoms with Crippen molar-refractivity contribution < 1.29 is 15.0 Å². The van der Waals surface area contributed by atoms with Crippen LogP contribution in [0.4, 0.5) is 0 Å². The Morgan fingerprint density at radius 1 is 1.09 bits per heavy atom. The molecular formula is C23H17BrN4O4S. The van der Waals surface area contributed by atoms with Gasteiger partial charge < -0.3 is 10.2 Å². The Morgan fingerprint density at radius 2 is 1.85 bits per heavy atom. The number of hydrogen-bond acceptors (Lipinski definition) is 7. The molecule has 3 aromatic carbocycles. The Bertz CT molecular complexity index is 1420. The third-order valence-corrected chi connectivity index (χ3v) is 6.03. The average molecular weight is 525 g/mol. The number of amides is 1. The molecule has 4 rings (SSSR count). The zero-order chi connectivity index (χ0) is 23.4. The van der Waals surface area contributed by atoms with Gasteiger partial charge in [-0.25, -0.2) is 10.4 Å². The zero-order valence-electron chi connectivity index (χ0n) is 17.0. The Balaban J connectivity index is 1.55. The predicted molar refractivity (Wildman–Crippen MR) is 131 cm³/mol. The maximum Gasteiger partial charge on any atom is 0.266 e. The van der Waals surface area contributed by atoms with Gasteiger partial charge in [0.25, 0.3) is 11.5 Å². The van der Waals surface area contributed by atoms with Gasteiger partial charge in [0, 0.05) is 4.47 Å². The van der Waals surface area contributed by atoms with Crippen LogP contribution in [0, 0.1) is 0 Å². The van der Waals surface area contributed by atoms with Crippen LogP contribution in [-0.2, 0) is 4.79 Å². The quantitative estimate of drug-likeness (QED) is 0.116. The number of hydrogen-bond donors (Lipinski definition) is 3. The van der Waals surface area contributed by atoms with E-state index in [1.165, 1.54) is 29.0 Å². The molecule has 1 heterocycles. The Kier molecular flexibility index (Phi) is 6.76. The monoisotopic (exact) mass is 524 g/mol. The minimum Gasteiger partial charge on any atom is -0.504 e. The van der Waals surface area contributed by atoms with Crippen LogP contribution in [0.15, 0.2) is 86.3 Å². The van der Waals surface area contributed by atoms with E-state index in [1.54, 1.807) is 36.4 Å². The number of carbonyl (C=O) groups excluding carboxylic acids is 1. The number of aromatic hydroxyl groups is 2. The van der Waals surface area contributed by atoms with Gasteiger partial charge in [0.2, 0.25) is 0 Å². The molecule has 8 nitrogen and oxygen atoms in total. The van der Waals surface area contributed by atoms with Crippen molar-refractivity contribution in [2.45, 2.75) is 5.16 Å². The molecule has 0 fully saturated rings. The number of thioether (sulfide) groups is 1. The number of fused-ring (bicyclic) bond motifs is 1. The van der Waals surface area contributed by atoms with Gasteiger partial charge in [0.05, 0.1) is 28.6 Å². The summed E-state index contributed by atoms with van der Waals surface area (Å²) >= 11 is 4.51. The minimum atomic E-state index is -0.399. The van der Waals surface area contributed by atoms with Crippen molar-refractivity contribution in [2.75, 3.05) is 5.75 Å². The maximum absolute atomic E-state index is 13.2. The molecule has 1 aromatic heterocycles. The van der Waals surface area contributed by atoms with Gasteiger partial charge in [0.1, 0.15) is 0 Å². The van der Waals surface area contributed by atoms with Gasteiger partial charge in [-0.05, 0) is 60.2 Å². The molecular weight excluding hydrogens is 508 g/mol. The first-order chi connectivity index (χ1) is 15.9. The lowest BCUT2D eigenvalue weighted by molar-refractivity contribution is -0.118. The number of carbonyl (C=O) groups is 1. The number of aromatic nitrogens is 2. The Labute approximate surface area is 200 Å². The van der Waals surface area contributed by atoms with Crippen LogP contribution in [0.3, 0.4) is 0 Å². The van der Waals surface area contributed by atoms with Crippen LogP contribution in [-0.4, -0.2) is 37.6 Å². The molecule has 0 saturated heterocycles. The van der Waals surface area contributed by atoms with Gasteiger partial charge in [-0.1, -0.05) is 39.8 Å². The summed E-state index contributed by atoms with van der Waals surface area (Å²) in [4.78, 5) is 30.1. The maximum atomic E-state index is 13.2. The number of nitrogens with zero attached hydrogens (tertiary/aromatic N) is 3. The molecule has 0 spiro atoms. The molecule has 0 aliphatic carbocycles. The molecule has 4 aromatic rings. The first-order valence-corrected chi connectivity index (χ1v) is 11.4. The van der Waals surface area contributed by atoms with E-state index in [-0.39, 0.29) is 22.8 Å². The molecule has 0 aliphatic rings. The highest BCUT2D eigenvalue weighted by Gasteiger charge is 2.14. The zero-order valence-corrected chi connectivity index (χ0v) is 19.4. The summed E-state index contributed by atoms with van der Waals surface area (Å²) in [6, 6.07) is 18.5. The second kappa shape index (κ2) is 9.88. The minimum absolute atomic E-state index is 0.0283. The van der Waals surface area contributed by atoms with E-state index in [2.05, 4.69) is 31.4 Å². The topological polar surface area (TPSA) is 117 Å². The molecule has 0 atom stereocenters. The van der Waals surface area contributed by atoms with Crippen LogP contribution < -0.4 is 11.0 Å². The summed E-state index contributed by atoms with van der Waals surface area (Å²) in [6.45, 7) is 0. The highest BCUT2D eigenvalue weighted by Crippen LogP contribution is 2.24. The fourth-order valence-corrected chi connectivity index (χ4v) is 4.06. The number of phenolic OH excluding ortho intramolecular Hbond substituents is 2. The number of halogens is 1. The van der Waals surface area contributed by atoms with Crippen molar-refractivity contribution in [1.82, 2.24) is 15.0 Å². The first kappa shape index (κ1) is 22.6. The molecule has 1 amide bonds. The largest absolute Gasteiger partial charge is 0.504 e. The lowest BCUT2D eigenvalue weighted by atomic mass is 10.2. The average Bonchev–Trinajstić information content (AvgIpc) is 2.81. The van der Waals surface area contributed by atoms with Crippen LogP contribution in [0.2, 0.25) is 0 Å². The Hall–Kier alpha value is -3.63. The molecule has 10 heteroatoms. The van der Waals surface area contributed by atoms with Crippen molar-refractivity contribution in [3.05, 3.63) is 87.1 Å². The molecule has 0 aliphatic heterocycles. The number of phenols is 2. The molecule has 166 valence electrons. The highest BCUT2D eigenvalue weighted by molar-refractivity contribution is 9.10. The molecule has 0 bridgehead atoms. The first-order valence-electron chi connectivity index (χ1n) is 9.67. The summed E-state index contributed by atoms with van der Waals surface area (Å²) in [5.41, 5.74) is 3.85. The van der Waals surface area contributed by atoms with E-state index in [9.17, 15) is 19.8 Å². The number of rotatable bonds is 6. The van der Waals surface area contributed by atoms with Crippen molar-refractivity contribution in [1.29, 1.82) is 0 Å². The van der Waals surface area contributed by atoms with Gasteiger partial charge in [0.15, 0.2) is 16.7 Å². The van der Waals surface area contributed by atoms with Crippen LogP contribution in [0.5, 0.6) is 11.5 Å². The number of para-hydroxylation sites is 1. The van der Waals surface area contributed by atoms with E-state index in [1.807, 2.05) is 12.1 Å². The SMILES string of the molecule is O=C(CSc1nc2ccccc2c(=O)n1-c1ccc(Br)cc1)N/N=C\c1ccc(O)c(O)c1. The normalized spacial score (nSPS) is 11.2. The van der Waals surface area contributed by atoms with Crippen molar-refractivity contribution >= 4 is 50.7 Å². The molecule has 0 saturated carbocycles. The number of hydrazone groups is 1. The molecule has 0 radical (unpaired) electrons. The summed E-state index contributed by atoms with van der Waals surface area (Å²) in [6.07, 6.45) is 1.34. The van der Waals surface area contributed by atoms with Crippen molar-refractivity contribution in [3.63, 3.8) is 0 Å². The van der Waals surface area contributed by atoms with Crippen LogP contribution >= 0.6 is 27.7 Å². The lowest BCUT2D eigenvalue weighted by Crippen LogP contribution is -2.24. The second-order valence-corrected chi connectivity index (χ2v) is 8.72. The summed E-state index contributed by atoms with van der Waals surface area (Å²) in [5.74, 6) is -0.954. The van der Waals surface area contributed by atoms with Crippen LogP contribution in [0.25, 0.3) is 16.6 Å². The fraction of sp³-hybridized carbons (Fsp3) is 0.0435. The van der Waals surface area contributed by atoms with Crippen molar-refractivity contribution in [2.24, 2.45) is 5.10 Å². The van der Waals surface area contributed by atoms with E-state index in [4.69, 9.17) is 0 Å². The highest BCUT2D eigenvalue weighted by atomic mass is 79.9. The van der Waals surface area contributed by atoms with E-state index in [0.717, 1.165) is 16.2 Å². The molecule has 0 unspecified atom stereocenters. The second-order valence-electron chi connectivity index (χ2n) is 6.86. The summed E-state index contributed by atoms with van der Waals surface area (Å²) in [5, 5.41) is 23.6. The smallest absolute Gasteiger partial charge is 0.266 e. The lowest BCUT2D eigenvalue weighted by Gasteiger charge is -2.13. The Morgan fingerprint density at radius 3 is 2.61 bits per heavy atom. The summed E-state index contributed by atoms with van der Waals surface area (Å²) < 4.78 is 2.36. The van der Waals surface area contributed by atoms with Gasteiger partial charge >= 0.3 is 0 Å². The van der Waals surface area contributed by atoms with Gasteiger partial charge in [-0.15, -0.1) is 0 Å². The van der Waals surface area contributed by atoms with Gasteiger partial charge in [-0.2, -0.15) is 5.10 Å². The van der Waals surface area contributed by atoms with Gasteiger partial charge in [-0.3, -0.25) is 14.2 Å². The van der Waals surface area contributed by atoms with E-state index < -0.39 is 5.91 Å². The van der Waals surface area contributed by atoms with E-state index >= 15 is 0 Å². The molecule has 3 N–H and O–H groups in total. The van der Waals surface area contributed by atoms with Crippen LogP contribution in [0.1, 0.15) is 5.56 Å². The third kappa shape index (κ3) is 5.24. The van der Waals surface area contributed by atoms with E-state index in [0.29, 0.717) is 27.3 Å². The standard InChI is InChI=1S/C23H17BrN4O4S/c24-15-6-8-16(9-7-15)28-22(32)17-3-1-2-4-18(17)26-23(28)33-13-21(31)27-25-12-14-5-10-19(29)20(30)11-14/h1-12,29-30H,13H2,(H,27,31)/b25-12-. The number of benzene rings is 3. The third-order valence-electron chi connectivity index (χ3n) is 4.56. The molecule has 33 heavy (non-hydrogen) atoms. The van der Waals surface area contributed by atoms with Crippen molar-refractivity contribution in [3.8, 4) is 17.2 Å².